The number of ether oxygens (including phenoxy) is 3. The number of carbonyl (C=O) groups excluding carboxylic acids is 2. The molecule has 3 rings (SSSR count). The molecule has 2 saturated heterocycles. The topological polar surface area (TPSA) is 80.3 Å². The van der Waals surface area contributed by atoms with Gasteiger partial charge in [-0.3, -0.25) is 0 Å². The van der Waals surface area contributed by atoms with Gasteiger partial charge in [-0.2, -0.15) is 0 Å². The van der Waals surface area contributed by atoms with Crippen molar-refractivity contribution in [2.45, 2.75) is 167 Å². The summed E-state index contributed by atoms with van der Waals surface area (Å²) in [6, 6.07) is 0. The minimum Gasteiger partial charge on any atom is -0.458 e. The van der Waals surface area contributed by atoms with E-state index < -0.39 is 40.2 Å². The standard InChI is InChI=1S/C41H68O7Si2/c1-30-20-16-14-17-22-33-28-37(41(9,36(46-33)24-25-42)29-44-49(10,11)39(3,4)5)47-38(43)23-19-15-18-21-32-27-35(31(2)34(26-30)45-32)48-50(12,13)40(6,7)8/h15-20,22-23,25-26,31-37H,14,21,24,27-29H2,1-13H3/b18-15+,20-16+,22-17+,23-19+,30-26-/t31-,32-,33+,34+,35-,36-,37+,41-/m0/s1. The van der Waals surface area contributed by atoms with Crippen LogP contribution in [0.4, 0.5) is 0 Å². The lowest BCUT2D eigenvalue weighted by atomic mass is 9.73. The number of hydrogen-bond acceptors (Lipinski definition) is 7. The van der Waals surface area contributed by atoms with E-state index in [0.717, 1.165) is 18.3 Å². The second kappa shape index (κ2) is 17.3. The Kier molecular flexibility index (Phi) is 14.7. The molecule has 0 aromatic rings. The van der Waals surface area contributed by atoms with Gasteiger partial charge >= 0.3 is 5.97 Å². The SMILES string of the molecule is CC1=C/[C@H]2O[C@@H](C/C=C/C=C/C(=O)O[C@@H]3C[C@@H](/C=C/C\C=C\1)O[C@@H](CC=O)[C@]3(C)CO[Si](C)(C)C(C)(C)C)C[C@H](O[Si](C)(C)C(C)(C)C)[C@H]2C. The molecule has 9 heteroatoms. The molecule has 8 atom stereocenters. The Labute approximate surface area is 306 Å². The first-order chi connectivity index (χ1) is 23.1. The molecule has 0 amide bonds. The average Bonchev–Trinajstić information content (AvgIpc) is 2.98. The van der Waals surface area contributed by atoms with Crippen molar-refractivity contribution in [1.29, 1.82) is 0 Å². The van der Waals surface area contributed by atoms with E-state index in [9.17, 15) is 9.59 Å². The molecule has 3 heterocycles. The molecular formula is C41H68O7Si2. The van der Waals surface area contributed by atoms with Crippen molar-refractivity contribution in [2.75, 3.05) is 6.61 Å². The van der Waals surface area contributed by atoms with Crippen LogP contribution in [-0.2, 0) is 32.7 Å². The lowest BCUT2D eigenvalue weighted by Crippen LogP contribution is -2.57. The van der Waals surface area contributed by atoms with E-state index in [1.807, 2.05) is 19.1 Å². The summed E-state index contributed by atoms with van der Waals surface area (Å²) < 4.78 is 33.1. The first-order valence-electron chi connectivity index (χ1n) is 18.7. The molecule has 0 N–H and O–H groups in total. The minimum atomic E-state index is -2.13. The van der Waals surface area contributed by atoms with E-state index in [-0.39, 0.29) is 46.8 Å². The van der Waals surface area contributed by atoms with Crippen LogP contribution in [0.15, 0.2) is 60.3 Å². The summed E-state index contributed by atoms with van der Waals surface area (Å²) in [5.41, 5.74) is 0.452. The fourth-order valence-corrected chi connectivity index (χ4v) is 8.73. The fourth-order valence-electron chi connectivity index (χ4n) is 6.21. The van der Waals surface area contributed by atoms with Gasteiger partial charge in [-0.25, -0.2) is 4.79 Å². The minimum absolute atomic E-state index is 0.000314. The summed E-state index contributed by atoms with van der Waals surface area (Å²) in [4.78, 5) is 25.2. The third-order valence-electron chi connectivity index (χ3n) is 11.9. The molecule has 0 saturated carbocycles. The maximum Gasteiger partial charge on any atom is 0.331 e. The Balaban J connectivity index is 1.92. The van der Waals surface area contributed by atoms with Crippen LogP contribution >= 0.6 is 0 Å². The summed E-state index contributed by atoms with van der Waals surface area (Å²) in [6.45, 7) is 29.3. The van der Waals surface area contributed by atoms with E-state index in [4.69, 9.17) is 23.1 Å². The van der Waals surface area contributed by atoms with Crippen molar-refractivity contribution in [3.8, 4) is 0 Å². The van der Waals surface area contributed by atoms with Gasteiger partial charge in [0.2, 0.25) is 0 Å². The van der Waals surface area contributed by atoms with E-state index in [2.05, 4.69) is 112 Å². The maximum atomic E-state index is 13.3. The van der Waals surface area contributed by atoms with Gasteiger partial charge in [-0.05, 0) is 62.5 Å². The van der Waals surface area contributed by atoms with Gasteiger partial charge in [0.05, 0.1) is 35.9 Å². The third kappa shape index (κ3) is 11.3. The first-order valence-corrected chi connectivity index (χ1v) is 24.5. The van der Waals surface area contributed by atoms with Crippen LogP contribution in [0.5, 0.6) is 0 Å². The second-order valence-corrected chi connectivity index (χ2v) is 27.6. The van der Waals surface area contributed by atoms with Crippen LogP contribution in [-0.4, -0.2) is 72.1 Å². The van der Waals surface area contributed by atoms with E-state index in [1.165, 1.54) is 6.08 Å². The summed E-state index contributed by atoms with van der Waals surface area (Å²) in [5.74, 6) is -0.204. The van der Waals surface area contributed by atoms with Gasteiger partial charge in [0.1, 0.15) is 12.4 Å². The van der Waals surface area contributed by atoms with Crippen molar-refractivity contribution in [1.82, 2.24) is 0 Å². The first kappa shape index (κ1) is 42.5. The van der Waals surface area contributed by atoms with Crippen LogP contribution in [0.25, 0.3) is 0 Å². The van der Waals surface area contributed by atoms with Gasteiger partial charge in [0.25, 0.3) is 0 Å². The van der Waals surface area contributed by atoms with Gasteiger partial charge < -0.3 is 27.9 Å². The molecule has 0 spiro atoms. The molecule has 0 aromatic heterocycles. The lowest BCUT2D eigenvalue weighted by Gasteiger charge is -2.49. The molecule has 7 nitrogen and oxygen atoms in total. The quantitative estimate of drug-likeness (QED) is 0.112. The van der Waals surface area contributed by atoms with Gasteiger partial charge in [0, 0.05) is 31.4 Å². The van der Waals surface area contributed by atoms with Crippen molar-refractivity contribution < 1.29 is 32.7 Å². The van der Waals surface area contributed by atoms with E-state index in [0.29, 0.717) is 25.9 Å². The normalized spacial score (nSPS) is 35.9. The number of allylic oxidation sites excluding steroid dienone is 6. The predicted molar refractivity (Wildman–Crippen MR) is 209 cm³/mol. The van der Waals surface area contributed by atoms with Gasteiger partial charge in [-0.15, -0.1) is 0 Å². The highest BCUT2D eigenvalue weighted by Gasteiger charge is 2.51. The second-order valence-electron chi connectivity index (χ2n) is 18.0. The van der Waals surface area contributed by atoms with E-state index in [1.54, 1.807) is 6.08 Å². The summed E-state index contributed by atoms with van der Waals surface area (Å²) in [6.07, 6.45) is 20.4. The summed E-state index contributed by atoms with van der Waals surface area (Å²) in [7, 11) is -4.12. The zero-order chi connectivity index (χ0) is 37.5. The number of carbonyl (C=O) groups is 2. The summed E-state index contributed by atoms with van der Waals surface area (Å²) in [5, 5.41) is 0.127. The molecule has 0 radical (unpaired) electrons. The van der Waals surface area contributed by atoms with Crippen LogP contribution in [0.3, 0.4) is 0 Å². The zero-order valence-corrected chi connectivity index (χ0v) is 35.4. The molecule has 0 unspecified atom stereocenters. The molecule has 2 fully saturated rings. The average molecular weight is 729 g/mol. The van der Waals surface area contributed by atoms with Crippen molar-refractivity contribution in [2.24, 2.45) is 11.3 Å². The van der Waals surface area contributed by atoms with Gasteiger partial charge in [-0.1, -0.05) is 110 Å². The van der Waals surface area contributed by atoms with Crippen LogP contribution in [0.2, 0.25) is 36.3 Å². The van der Waals surface area contributed by atoms with Crippen molar-refractivity contribution >= 4 is 28.9 Å². The fraction of sp³-hybridized carbons (Fsp3) is 0.707. The number of hydrogen-bond donors (Lipinski definition) is 0. The highest BCUT2D eigenvalue weighted by Crippen LogP contribution is 2.44. The van der Waals surface area contributed by atoms with Crippen molar-refractivity contribution in [3.63, 3.8) is 0 Å². The zero-order valence-electron chi connectivity index (χ0n) is 33.4. The smallest absolute Gasteiger partial charge is 0.331 e. The maximum absolute atomic E-state index is 13.3. The number of aldehydes is 1. The molecule has 4 bridgehead atoms. The largest absolute Gasteiger partial charge is 0.458 e. The predicted octanol–water partition coefficient (Wildman–Crippen LogP) is 9.82. The highest BCUT2D eigenvalue weighted by atomic mass is 28.4. The Morgan fingerprint density at radius 2 is 1.62 bits per heavy atom. The third-order valence-corrected chi connectivity index (χ3v) is 20.9. The Bertz CT molecular complexity index is 1300. The Morgan fingerprint density at radius 3 is 2.26 bits per heavy atom. The monoisotopic (exact) mass is 728 g/mol. The molecule has 282 valence electrons. The molecule has 0 aliphatic carbocycles. The molecule has 3 aliphatic rings. The summed E-state index contributed by atoms with van der Waals surface area (Å²) >= 11 is 0. The Hall–Kier alpha value is -1.89. The number of esters is 1. The molecule has 50 heavy (non-hydrogen) atoms. The van der Waals surface area contributed by atoms with Crippen molar-refractivity contribution in [3.05, 3.63) is 60.3 Å². The van der Waals surface area contributed by atoms with Crippen LogP contribution in [0.1, 0.15) is 94.4 Å². The number of rotatable bonds is 7. The van der Waals surface area contributed by atoms with Gasteiger partial charge in [0.15, 0.2) is 16.6 Å². The molecular weight excluding hydrogens is 661 g/mol. The number of fused-ring (bicyclic) bond motifs is 4. The van der Waals surface area contributed by atoms with Crippen LogP contribution < -0.4 is 0 Å². The van der Waals surface area contributed by atoms with E-state index >= 15 is 0 Å². The highest BCUT2D eigenvalue weighted by molar-refractivity contribution is 6.74. The van der Waals surface area contributed by atoms with Crippen LogP contribution in [0, 0.1) is 11.3 Å². The Morgan fingerprint density at radius 1 is 0.940 bits per heavy atom. The molecule has 3 aliphatic heterocycles. The molecule has 0 aromatic carbocycles. The lowest BCUT2D eigenvalue weighted by molar-refractivity contribution is -0.198.